The molecule has 1 fully saturated rings. The Balaban J connectivity index is 1.41. The predicted molar refractivity (Wildman–Crippen MR) is 101 cm³/mol. The van der Waals surface area contributed by atoms with E-state index >= 15 is 0 Å². The lowest BCUT2D eigenvalue weighted by Gasteiger charge is -2.33. The molecule has 26 heavy (non-hydrogen) atoms. The maximum absolute atomic E-state index is 12.7. The van der Waals surface area contributed by atoms with Crippen molar-refractivity contribution >= 4 is 28.8 Å². The zero-order chi connectivity index (χ0) is 18.1. The molecule has 4 rings (SSSR count). The van der Waals surface area contributed by atoms with E-state index in [1.54, 1.807) is 6.20 Å². The van der Waals surface area contributed by atoms with E-state index in [4.69, 9.17) is 4.42 Å². The highest BCUT2D eigenvalue weighted by atomic mass is 16.4. The molecule has 7 nitrogen and oxygen atoms in total. The summed E-state index contributed by atoms with van der Waals surface area (Å²) in [5, 5.41) is 0. The highest BCUT2D eigenvalue weighted by Gasteiger charge is 2.25. The normalized spacial score (nSPS) is 14.7. The zero-order valence-electron chi connectivity index (χ0n) is 14.9. The Bertz CT molecular complexity index is 878. The molecule has 0 unspecified atom stereocenters. The zero-order valence-corrected chi connectivity index (χ0v) is 14.9. The van der Waals surface area contributed by atoms with Gasteiger partial charge in [0.05, 0.1) is 5.56 Å². The standard InChI is InChI=1S/C19H21N5O2/c1-22(2)17-8-7-14(13-20-17)18(25)23-9-11-24(12-10-23)19-21-15-5-3-4-6-16(15)26-19/h3-8,13H,9-12H2,1-2H3. The van der Waals surface area contributed by atoms with E-state index in [0.717, 1.165) is 16.9 Å². The van der Waals surface area contributed by atoms with E-state index in [2.05, 4.69) is 14.9 Å². The molecule has 1 saturated heterocycles. The van der Waals surface area contributed by atoms with Crippen LogP contribution in [0.2, 0.25) is 0 Å². The topological polar surface area (TPSA) is 65.7 Å². The third kappa shape index (κ3) is 3.08. The van der Waals surface area contributed by atoms with Gasteiger partial charge in [0.2, 0.25) is 0 Å². The van der Waals surface area contributed by atoms with Gasteiger partial charge in [0.1, 0.15) is 11.3 Å². The molecule has 0 N–H and O–H groups in total. The minimum Gasteiger partial charge on any atom is -0.423 e. The van der Waals surface area contributed by atoms with E-state index in [9.17, 15) is 4.79 Å². The van der Waals surface area contributed by atoms with Crippen molar-refractivity contribution in [3.63, 3.8) is 0 Å². The van der Waals surface area contributed by atoms with Gasteiger partial charge in [0.15, 0.2) is 5.58 Å². The maximum atomic E-state index is 12.7. The quantitative estimate of drug-likeness (QED) is 0.721. The van der Waals surface area contributed by atoms with Gasteiger partial charge < -0.3 is 19.1 Å². The Kier molecular flexibility index (Phi) is 4.20. The first-order valence-corrected chi connectivity index (χ1v) is 8.65. The smallest absolute Gasteiger partial charge is 0.298 e. The number of amides is 1. The van der Waals surface area contributed by atoms with Crippen molar-refractivity contribution in [3.05, 3.63) is 48.2 Å². The third-order valence-electron chi connectivity index (χ3n) is 4.57. The Hall–Kier alpha value is -3.09. The molecular weight excluding hydrogens is 330 g/mol. The van der Waals surface area contributed by atoms with E-state index in [1.165, 1.54) is 0 Å². The number of benzene rings is 1. The minimum absolute atomic E-state index is 0.0139. The number of piperazine rings is 1. The number of anilines is 2. The lowest BCUT2D eigenvalue weighted by Crippen LogP contribution is -2.49. The molecule has 0 aliphatic carbocycles. The number of nitrogens with zero attached hydrogens (tertiary/aromatic N) is 5. The number of pyridine rings is 1. The summed E-state index contributed by atoms with van der Waals surface area (Å²) in [6.45, 7) is 2.66. The van der Waals surface area contributed by atoms with E-state index in [-0.39, 0.29) is 5.91 Å². The molecule has 1 amide bonds. The van der Waals surface area contributed by atoms with Crippen LogP contribution in [-0.2, 0) is 0 Å². The average molecular weight is 351 g/mol. The monoisotopic (exact) mass is 351 g/mol. The Morgan fingerprint density at radius 2 is 1.85 bits per heavy atom. The van der Waals surface area contributed by atoms with Crippen molar-refractivity contribution in [1.29, 1.82) is 0 Å². The molecular formula is C19H21N5O2. The first-order valence-electron chi connectivity index (χ1n) is 8.65. The Morgan fingerprint density at radius 3 is 2.50 bits per heavy atom. The minimum atomic E-state index is 0.0139. The molecule has 0 radical (unpaired) electrons. The van der Waals surface area contributed by atoms with Gasteiger partial charge >= 0.3 is 0 Å². The van der Waals surface area contributed by atoms with E-state index < -0.39 is 0 Å². The van der Waals surface area contributed by atoms with Gasteiger partial charge in [0.25, 0.3) is 11.9 Å². The number of rotatable bonds is 3. The summed E-state index contributed by atoms with van der Waals surface area (Å²) in [6, 6.07) is 12.0. The van der Waals surface area contributed by atoms with Crippen LogP contribution in [0.5, 0.6) is 0 Å². The highest BCUT2D eigenvalue weighted by Crippen LogP contribution is 2.23. The first kappa shape index (κ1) is 16.4. The summed E-state index contributed by atoms with van der Waals surface area (Å²) < 4.78 is 5.82. The van der Waals surface area contributed by atoms with Crippen molar-refractivity contribution in [2.24, 2.45) is 0 Å². The van der Waals surface area contributed by atoms with Gasteiger partial charge in [-0.25, -0.2) is 4.98 Å². The van der Waals surface area contributed by atoms with Crippen LogP contribution in [0.1, 0.15) is 10.4 Å². The fraction of sp³-hybridized carbons (Fsp3) is 0.316. The van der Waals surface area contributed by atoms with Gasteiger partial charge in [0, 0.05) is 46.5 Å². The predicted octanol–water partition coefficient (Wildman–Crippen LogP) is 2.25. The summed E-state index contributed by atoms with van der Waals surface area (Å²) in [5.74, 6) is 0.849. The number of oxazole rings is 1. The van der Waals surface area contributed by atoms with Crippen molar-refractivity contribution in [2.75, 3.05) is 50.1 Å². The van der Waals surface area contributed by atoms with E-state index in [0.29, 0.717) is 37.8 Å². The van der Waals surface area contributed by atoms with Crippen molar-refractivity contribution in [3.8, 4) is 0 Å². The summed E-state index contributed by atoms with van der Waals surface area (Å²) >= 11 is 0. The van der Waals surface area contributed by atoms with Crippen LogP contribution in [0.3, 0.4) is 0 Å². The van der Waals surface area contributed by atoms with Gasteiger partial charge in [-0.3, -0.25) is 4.79 Å². The molecule has 7 heteroatoms. The molecule has 0 bridgehead atoms. The largest absolute Gasteiger partial charge is 0.423 e. The lowest BCUT2D eigenvalue weighted by molar-refractivity contribution is 0.0744. The van der Waals surface area contributed by atoms with Crippen LogP contribution in [0.15, 0.2) is 47.0 Å². The number of carbonyl (C=O) groups excluding carboxylic acids is 1. The van der Waals surface area contributed by atoms with Crippen LogP contribution in [-0.4, -0.2) is 61.0 Å². The molecule has 1 aliphatic rings. The van der Waals surface area contributed by atoms with Crippen LogP contribution >= 0.6 is 0 Å². The number of fused-ring (bicyclic) bond motifs is 1. The molecule has 3 aromatic rings. The highest BCUT2D eigenvalue weighted by molar-refractivity contribution is 5.94. The second-order valence-electron chi connectivity index (χ2n) is 6.54. The van der Waals surface area contributed by atoms with Gasteiger partial charge in [-0.1, -0.05) is 12.1 Å². The number of carbonyl (C=O) groups is 1. The van der Waals surface area contributed by atoms with Gasteiger partial charge in [-0.05, 0) is 24.3 Å². The summed E-state index contributed by atoms with van der Waals surface area (Å²) in [7, 11) is 3.85. The molecule has 2 aromatic heterocycles. The number of hydrogen-bond acceptors (Lipinski definition) is 6. The average Bonchev–Trinajstić information content (AvgIpc) is 3.12. The second-order valence-corrected chi connectivity index (χ2v) is 6.54. The fourth-order valence-corrected chi connectivity index (χ4v) is 3.06. The van der Waals surface area contributed by atoms with Crippen LogP contribution in [0, 0.1) is 0 Å². The Labute approximate surface area is 151 Å². The maximum Gasteiger partial charge on any atom is 0.298 e. The molecule has 0 spiro atoms. The molecule has 1 aromatic carbocycles. The molecule has 0 atom stereocenters. The van der Waals surface area contributed by atoms with Gasteiger partial charge in [-0.15, -0.1) is 0 Å². The number of hydrogen-bond donors (Lipinski definition) is 0. The number of aromatic nitrogens is 2. The van der Waals surface area contributed by atoms with Crippen LogP contribution in [0.25, 0.3) is 11.1 Å². The summed E-state index contributed by atoms with van der Waals surface area (Å²) in [5.41, 5.74) is 2.26. The SMILES string of the molecule is CN(C)c1ccc(C(=O)N2CCN(c3nc4ccccc4o3)CC2)cn1. The van der Waals surface area contributed by atoms with Crippen LogP contribution in [0.4, 0.5) is 11.8 Å². The van der Waals surface area contributed by atoms with Crippen molar-refractivity contribution < 1.29 is 9.21 Å². The fourth-order valence-electron chi connectivity index (χ4n) is 3.06. The number of para-hydroxylation sites is 2. The Morgan fingerprint density at radius 1 is 1.08 bits per heavy atom. The van der Waals surface area contributed by atoms with Crippen LogP contribution < -0.4 is 9.80 Å². The molecule has 134 valence electrons. The molecule has 1 aliphatic heterocycles. The summed E-state index contributed by atoms with van der Waals surface area (Å²) in [6.07, 6.45) is 1.64. The van der Waals surface area contributed by atoms with Gasteiger partial charge in [-0.2, -0.15) is 4.98 Å². The summed E-state index contributed by atoms with van der Waals surface area (Å²) in [4.78, 5) is 27.4. The van der Waals surface area contributed by atoms with Crippen molar-refractivity contribution in [2.45, 2.75) is 0 Å². The lowest BCUT2D eigenvalue weighted by atomic mass is 10.2. The van der Waals surface area contributed by atoms with E-state index in [1.807, 2.05) is 60.3 Å². The molecule has 0 saturated carbocycles. The second kappa shape index (κ2) is 6.67. The first-order chi connectivity index (χ1) is 12.6. The molecule has 3 heterocycles. The van der Waals surface area contributed by atoms with Crippen molar-refractivity contribution in [1.82, 2.24) is 14.9 Å². The third-order valence-corrected chi connectivity index (χ3v) is 4.57.